The minimum Gasteiger partial charge on any atom is -0.402 e. The second-order valence-corrected chi connectivity index (χ2v) is 5.58. The normalized spacial score (nSPS) is 10.3. The van der Waals surface area contributed by atoms with E-state index < -0.39 is 5.97 Å². The molecule has 1 heterocycles. The Morgan fingerprint density at radius 3 is 2.22 bits per heavy atom. The topological polar surface area (TPSA) is 52.1 Å². The van der Waals surface area contributed by atoms with Crippen molar-refractivity contribution in [3.8, 4) is 17.1 Å². The van der Waals surface area contributed by atoms with Crippen LogP contribution in [0.4, 0.5) is 4.39 Å². The van der Waals surface area contributed by atoms with Crippen LogP contribution >= 0.6 is 15.9 Å². The van der Waals surface area contributed by atoms with Crippen LogP contribution in [0.1, 0.15) is 10.4 Å². The number of hydrogen-bond acceptors (Lipinski definition) is 4. The fraction of sp³-hybridized carbons (Fsp3) is 0. The van der Waals surface area contributed by atoms with E-state index in [-0.39, 0.29) is 11.7 Å². The minimum absolute atomic E-state index is 0.101. The third-order valence-corrected chi connectivity index (χ3v) is 3.59. The molecule has 0 amide bonds. The van der Waals surface area contributed by atoms with Gasteiger partial charge in [0.05, 0.1) is 11.3 Å². The number of aromatic nitrogens is 2. The third kappa shape index (κ3) is 3.78. The van der Waals surface area contributed by atoms with E-state index in [0.29, 0.717) is 11.3 Å². The van der Waals surface area contributed by atoms with Gasteiger partial charge in [0.1, 0.15) is 5.82 Å². The Bertz CT molecular complexity index is 819. The molecule has 6 heteroatoms. The summed E-state index contributed by atoms with van der Waals surface area (Å²) in [5.74, 6) is -0.730. The summed E-state index contributed by atoms with van der Waals surface area (Å²) >= 11 is 3.30. The smallest absolute Gasteiger partial charge is 0.344 e. The van der Waals surface area contributed by atoms with Crippen LogP contribution in [0.3, 0.4) is 0 Å². The third-order valence-electron chi connectivity index (χ3n) is 3.06. The quantitative estimate of drug-likeness (QED) is 0.644. The highest BCUT2D eigenvalue weighted by Gasteiger charge is 2.10. The molecule has 23 heavy (non-hydrogen) atoms. The molecule has 0 atom stereocenters. The zero-order valence-corrected chi connectivity index (χ0v) is 13.3. The van der Waals surface area contributed by atoms with Gasteiger partial charge in [-0.3, -0.25) is 0 Å². The van der Waals surface area contributed by atoms with Crippen LogP contribution in [0, 0.1) is 5.82 Å². The van der Waals surface area contributed by atoms with Gasteiger partial charge in [0.25, 0.3) is 0 Å². The molecule has 0 N–H and O–H groups in total. The van der Waals surface area contributed by atoms with E-state index in [1.165, 1.54) is 12.1 Å². The molecule has 0 radical (unpaired) electrons. The number of esters is 1. The zero-order chi connectivity index (χ0) is 16.2. The maximum Gasteiger partial charge on any atom is 0.344 e. The first-order valence-electron chi connectivity index (χ1n) is 6.69. The highest BCUT2D eigenvalue weighted by Crippen LogP contribution is 2.19. The molecule has 3 rings (SSSR count). The molecule has 0 fully saturated rings. The van der Waals surface area contributed by atoms with Crippen molar-refractivity contribution in [2.75, 3.05) is 0 Å². The lowest BCUT2D eigenvalue weighted by atomic mass is 10.1. The first kappa shape index (κ1) is 15.3. The van der Waals surface area contributed by atoms with Crippen LogP contribution in [0.2, 0.25) is 0 Å². The average Bonchev–Trinajstić information content (AvgIpc) is 2.57. The molecular formula is C17H10BrFN2O2. The molecule has 1 aromatic heterocycles. The number of ether oxygens (including phenoxy) is 1. The first-order chi connectivity index (χ1) is 11.1. The second kappa shape index (κ2) is 6.66. The summed E-state index contributed by atoms with van der Waals surface area (Å²) < 4.78 is 18.9. The number of carbonyl (C=O) groups excluding carboxylic acids is 1. The summed E-state index contributed by atoms with van der Waals surface area (Å²) in [6, 6.07) is 15.9. The van der Waals surface area contributed by atoms with Crippen molar-refractivity contribution in [2.24, 2.45) is 0 Å². The monoisotopic (exact) mass is 372 g/mol. The Hall–Kier alpha value is -2.60. The van der Waals surface area contributed by atoms with E-state index in [2.05, 4.69) is 26.1 Å². The fourth-order valence-electron chi connectivity index (χ4n) is 1.89. The first-order valence-corrected chi connectivity index (χ1v) is 7.48. The van der Waals surface area contributed by atoms with Crippen molar-refractivity contribution in [3.63, 3.8) is 0 Å². The van der Waals surface area contributed by atoms with Crippen molar-refractivity contribution < 1.29 is 13.9 Å². The standard InChI is InChI=1S/C17H10BrFN2O2/c18-13-5-1-12(2-6-13)17(22)23-16-10-9-15(20-21-16)11-3-7-14(19)8-4-11/h1-10H. The molecule has 0 aliphatic heterocycles. The molecule has 2 aromatic carbocycles. The fourth-order valence-corrected chi connectivity index (χ4v) is 2.15. The summed E-state index contributed by atoms with van der Waals surface area (Å²) in [7, 11) is 0. The van der Waals surface area contributed by atoms with E-state index in [0.717, 1.165) is 10.0 Å². The van der Waals surface area contributed by atoms with Gasteiger partial charge in [-0.25, -0.2) is 9.18 Å². The van der Waals surface area contributed by atoms with Crippen molar-refractivity contribution in [1.29, 1.82) is 0 Å². The van der Waals surface area contributed by atoms with Crippen LogP contribution in [-0.2, 0) is 0 Å². The van der Waals surface area contributed by atoms with Gasteiger partial charge in [0.2, 0.25) is 5.88 Å². The minimum atomic E-state index is -0.513. The molecule has 0 spiro atoms. The van der Waals surface area contributed by atoms with Gasteiger partial charge in [-0.2, -0.15) is 0 Å². The highest BCUT2D eigenvalue weighted by molar-refractivity contribution is 9.10. The largest absolute Gasteiger partial charge is 0.402 e. The number of rotatable bonds is 3. The van der Waals surface area contributed by atoms with Crippen molar-refractivity contribution in [2.45, 2.75) is 0 Å². The zero-order valence-electron chi connectivity index (χ0n) is 11.7. The number of hydrogen-bond donors (Lipinski definition) is 0. The molecule has 0 saturated heterocycles. The molecular weight excluding hydrogens is 363 g/mol. The van der Waals surface area contributed by atoms with Crippen molar-refractivity contribution >= 4 is 21.9 Å². The summed E-state index contributed by atoms with van der Waals surface area (Å²) in [6.45, 7) is 0. The van der Waals surface area contributed by atoms with E-state index in [4.69, 9.17) is 4.74 Å². The molecule has 0 unspecified atom stereocenters. The molecule has 3 aromatic rings. The van der Waals surface area contributed by atoms with Crippen LogP contribution in [0.5, 0.6) is 5.88 Å². The molecule has 4 nitrogen and oxygen atoms in total. The van der Waals surface area contributed by atoms with Crippen LogP contribution < -0.4 is 4.74 Å². The maximum atomic E-state index is 12.9. The van der Waals surface area contributed by atoms with Gasteiger partial charge in [0, 0.05) is 16.1 Å². The predicted octanol–water partition coefficient (Wildman–Crippen LogP) is 4.26. The molecule has 0 bridgehead atoms. The van der Waals surface area contributed by atoms with Gasteiger partial charge in [-0.1, -0.05) is 15.9 Å². The summed E-state index contributed by atoms with van der Waals surface area (Å²) in [5, 5.41) is 7.85. The lowest BCUT2D eigenvalue weighted by Gasteiger charge is -2.04. The average molecular weight is 373 g/mol. The lowest BCUT2D eigenvalue weighted by Crippen LogP contribution is -2.09. The van der Waals surface area contributed by atoms with Gasteiger partial charge in [-0.05, 0) is 54.6 Å². The van der Waals surface area contributed by atoms with Crippen molar-refractivity contribution in [3.05, 3.63) is 76.5 Å². The molecule has 0 aliphatic carbocycles. The van der Waals surface area contributed by atoms with Crippen LogP contribution in [0.15, 0.2) is 65.1 Å². The van der Waals surface area contributed by atoms with E-state index in [1.54, 1.807) is 48.5 Å². The number of nitrogens with zero attached hydrogens (tertiary/aromatic N) is 2. The summed E-state index contributed by atoms with van der Waals surface area (Å²) in [4.78, 5) is 12.0. The molecule has 114 valence electrons. The van der Waals surface area contributed by atoms with Crippen molar-refractivity contribution in [1.82, 2.24) is 10.2 Å². The highest BCUT2D eigenvalue weighted by atomic mass is 79.9. The Morgan fingerprint density at radius 1 is 0.913 bits per heavy atom. The Labute approximate surface area is 140 Å². The molecule has 0 aliphatic rings. The maximum absolute atomic E-state index is 12.9. The Morgan fingerprint density at radius 2 is 1.61 bits per heavy atom. The summed E-state index contributed by atoms with van der Waals surface area (Å²) in [5.41, 5.74) is 1.70. The Kier molecular flexibility index (Phi) is 4.43. The van der Waals surface area contributed by atoms with Gasteiger partial charge >= 0.3 is 5.97 Å². The lowest BCUT2D eigenvalue weighted by molar-refractivity contribution is 0.0726. The predicted molar refractivity (Wildman–Crippen MR) is 86.5 cm³/mol. The number of halogens is 2. The number of carbonyl (C=O) groups is 1. The van der Waals surface area contributed by atoms with E-state index in [9.17, 15) is 9.18 Å². The SMILES string of the molecule is O=C(Oc1ccc(-c2ccc(F)cc2)nn1)c1ccc(Br)cc1. The van der Waals surface area contributed by atoms with E-state index in [1.807, 2.05) is 0 Å². The van der Waals surface area contributed by atoms with E-state index >= 15 is 0 Å². The van der Waals surface area contributed by atoms with Gasteiger partial charge in [0.15, 0.2) is 0 Å². The van der Waals surface area contributed by atoms with Crippen LogP contribution in [0.25, 0.3) is 11.3 Å². The summed E-state index contributed by atoms with van der Waals surface area (Å²) in [6.07, 6.45) is 0. The molecule has 0 saturated carbocycles. The second-order valence-electron chi connectivity index (χ2n) is 4.66. The number of benzene rings is 2. The van der Waals surface area contributed by atoms with Gasteiger partial charge < -0.3 is 4.74 Å². The van der Waals surface area contributed by atoms with Crippen LogP contribution in [-0.4, -0.2) is 16.2 Å². The van der Waals surface area contributed by atoms with Gasteiger partial charge in [-0.15, -0.1) is 10.2 Å². The Balaban J connectivity index is 1.73.